The molecule has 5 nitrogen and oxygen atoms in total. The Labute approximate surface area is 129 Å². The predicted molar refractivity (Wildman–Crippen MR) is 82.4 cm³/mol. The molecule has 0 aromatic carbocycles. The van der Waals surface area contributed by atoms with E-state index in [0.717, 1.165) is 6.61 Å². The molecule has 1 atom stereocenters. The molecule has 0 radical (unpaired) electrons. The van der Waals surface area contributed by atoms with Crippen molar-refractivity contribution >= 4 is 5.97 Å². The molecule has 0 rings (SSSR count). The minimum absolute atomic E-state index is 0.281. The van der Waals surface area contributed by atoms with Crippen molar-refractivity contribution in [3.05, 3.63) is 0 Å². The molecule has 126 valence electrons. The van der Waals surface area contributed by atoms with Crippen LogP contribution in [0.2, 0.25) is 0 Å². The van der Waals surface area contributed by atoms with Crippen LogP contribution in [0, 0.1) is 5.92 Å². The molecule has 0 saturated heterocycles. The lowest BCUT2D eigenvalue weighted by molar-refractivity contribution is -0.142. The first-order valence-corrected chi connectivity index (χ1v) is 8.07. The van der Waals surface area contributed by atoms with Gasteiger partial charge < -0.3 is 18.9 Å². The lowest BCUT2D eigenvalue weighted by atomic mass is 10.0. The van der Waals surface area contributed by atoms with Crippen LogP contribution in [0.1, 0.15) is 46.5 Å². The van der Waals surface area contributed by atoms with Crippen LogP contribution in [0.15, 0.2) is 0 Å². The summed E-state index contributed by atoms with van der Waals surface area (Å²) in [6, 6.07) is 0. The highest BCUT2D eigenvalue weighted by Crippen LogP contribution is 2.12. The predicted octanol–water partition coefficient (Wildman–Crippen LogP) is 2.82. The van der Waals surface area contributed by atoms with Gasteiger partial charge >= 0.3 is 5.97 Å². The Balaban J connectivity index is 3.19. The van der Waals surface area contributed by atoms with Crippen LogP contribution in [0.25, 0.3) is 0 Å². The summed E-state index contributed by atoms with van der Waals surface area (Å²) in [7, 11) is 0. The van der Waals surface area contributed by atoms with E-state index in [1.54, 1.807) is 0 Å². The van der Waals surface area contributed by atoms with E-state index in [2.05, 4.69) is 13.8 Å². The number of ether oxygens (including phenoxy) is 4. The topological polar surface area (TPSA) is 54.0 Å². The third-order valence-corrected chi connectivity index (χ3v) is 3.17. The Morgan fingerprint density at radius 2 is 1.48 bits per heavy atom. The molecule has 0 aliphatic rings. The van der Waals surface area contributed by atoms with E-state index >= 15 is 0 Å². The highest BCUT2D eigenvalue weighted by atomic mass is 16.6. The van der Waals surface area contributed by atoms with Crippen molar-refractivity contribution in [1.29, 1.82) is 0 Å². The third kappa shape index (κ3) is 15.6. The quantitative estimate of drug-likeness (QED) is 0.344. The van der Waals surface area contributed by atoms with E-state index < -0.39 is 0 Å². The molecular formula is C16H32O5. The summed E-state index contributed by atoms with van der Waals surface area (Å²) >= 11 is 0. The van der Waals surface area contributed by atoms with Crippen LogP contribution >= 0.6 is 0 Å². The Bertz CT molecular complexity index is 233. The number of carbonyl (C=O) groups excluding carboxylic acids is 1. The maximum Gasteiger partial charge on any atom is 0.302 e. The smallest absolute Gasteiger partial charge is 0.302 e. The van der Waals surface area contributed by atoms with Crippen molar-refractivity contribution in [2.75, 3.05) is 46.2 Å². The number of carbonyl (C=O) groups is 1. The highest BCUT2D eigenvalue weighted by molar-refractivity contribution is 5.65. The van der Waals surface area contributed by atoms with Gasteiger partial charge in [-0.2, -0.15) is 0 Å². The SMILES string of the molecule is CCCCC(CC)COCCOCCOCCOC(C)=O. The number of hydrogen-bond donors (Lipinski definition) is 0. The Morgan fingerprint density at radius 3 is 2.00 bits per heavy atom. The van der Waals surface area contributed by atoms with E-state index in [1.165, 1.54) is 32.6 Å². The minimum atomic E-state index is -0.281. The molecule has 0 heterocycles. The van der Waals surface area contributed by atoms with Gasteiger partial charge in [0, 0.05) is 13.5 Å². The maximum absolute atomic E-state index is 10.5. The number of esters is 1. The molecule has 0 saturated carbocycles. The number of rotatable bonds is 15. The first-order valence-electron chi connectivity index (χ1n) is 8.07. The molecular weight excluding hydrogens is 272 g/mol. The average molecular weight is 304 g/mol. The van der Waals surface area contributed by atoms with Crippen LogP contribution in [0.5, 0.6) is 0 Å². The lowest BCUT2D eigenvalue weighted by Gasteiger charge is -2.14. The molecule has 0 aromatic heterocycles. The fourth-order valence-corrected chi connectivity index (χ4v) is 1.83. The summed E-state index contributed by atoms with van der Waals surface area (Å²) in [5.41, 5.74) is 0. The summed E-state index contributed by atoms with van der Waals surface area (Å²) in [5, 5.41) is 0. The zero-order valence-electron chi connectivity index (χ0n) is 13.9. The summed E-state index contributed by atoms with van der Waals surface area (Å²) in [6.45, 7) is 9.64. The van der Waals surface area contributed by atoms with Crippen LogP contribution < -0.4 is 0 Å². The molecule has 21 heavy (non-hydrogen) atoms. The van der Waals surface area contributed by atoms with E-state index in [4.69, 9.17) is 18.9 Å². The normalized spacial score (nSPS) is 12.3. The molecule has 0 bridgehead atoms. The molecule has 1 unspecified atom stereocenters. The summed E-state index contributed by atoms with van der Waals surface area (Å²) in [5.74, 6) is 0.394. The van der Waals surface area contributed by atoms with E-state index in [-0.39, 0.29) is 5.97 Å². The molecule has 0 spiro atoms. The van der Waals surface area contributed by atoms with Crippen molar-refractivity contribution in [2.24, 2.45) is 5.92 Å². The molecule has 0 aromatic rings. The molecule has 0 amide bonds. The van der Waals surface area contributed by atoms with Gasteiger partial charge in [0.1, 0.15) is 6.61 Å². The number of hydrogen-bond acceptors (Lipinski definition) is 5. The zero-order chi connectivity index (χ0) is 15.8. The van der Waals surface area contributed by atoms with Crippen LogP contribution in [0.4, 0.5) is 0 Å². The largest absolute Gasteiger partial charge is 0.463 e. The van der Waals surface area contributed by atoms with Gasteiger partial charge in [-0.15, -0.1) is 0 Å². The van der Waals surface area contributed by atoms with Crippen molar-refractivity contribution < 1.29 is 23.7 Å². The van der Waals surface area contributed by atoms with Gasteiger partial charge in [0.25, 0.3) is 0 Å². The van der Waals surface area contributed by atoms with Gasteiger partial charge in [0.05, 0.1) is 33.0 Å². The number of unbranched alkanes of at least 4 members (excludes halogenated alkanes) is 1. The first-order chi connectivity index (χ1) is 10.2. The zero-order valence-corrected chi connectivity index (χ0v) is 13.9. The Morgan fingerprint density at radius 1 is 0.905 bits per heavy atom. The fraction of sp³-hybridized carbons (Fsp3) is 0.938. The standard InChI is InChI=1S/C16H32O5/c1-4-6-7-16(5-2)14-20-11-10-18-8-9-19-12-13-21-15(3)17/h16H,4-14H2,1-3H3. The van der Waals surface area contributed by atoms with Gasteiger partial charge in [-0.1, -0.05) is 33.1 Å². The van der Waals surface area contributed by atoms with Crippen molar-refractivity contribution in [3.63, 3.8) is 0 Å². The molecule has 0 fully saturated rings. The second-order valence-electron chi connectivity index (χ2n) is 5.06. The monoisotopic (exact) mass is 304 g/mol. The second-order valence-corrected chi connectivity index (χ2v) is 5.06. The average Bonchev–Trinajstić information content (AvgIpc) is 2.47. The van der Waals surface area contributed by atoms with E-state index in [1.807, 2.05) is 0 Å². The maximum atomic E-state index is 10.5. The van der Waals surface area contributed by atoms with Gasteiger partial charge in [0.2, 0.25) is 0 Å². The first kappa shape index (κ1) is 20.3. The van der Waals surface area contributed by atoms with Gasteiger partial charge in [-0.25, -0.2) is 0 Å². The van der Waals surface area contributed by atoms with Crippen molar-refractivity contribution in [1.82, 2.24) is 0 Å². The summed E-state index contributed by atoms with van der Waals surface area (Å²) < 4.78 is 21.0. The van der Waals surface area contributed by atoms with Gasteiger partial charge in [-0.3, -0.25) is 4.79 Å². The third-order valence-electron chi connectivity index (χ3n) is 3.17. The molecule has 0 aliphatic carbocycles. The van der Waals surface area contributed by atoms with Crippen LogP contribution in [-0.2, 0) is 23.7 Å². The fourth-order valence-electron chi connectivity index (χ4n) is 1.83. The van der Waals surface area contributed by atoms with Crippen LogP contribution in [0.3, 0.4) is 0 Å². The highest BCUT2D eigenvalue weighted by Gasteiger charge is 2.05. The summed E-state index contributed by atoms with van der Waals surface area (Å²) in [6.07, 6.45) is 4.96. The van der Waals surface area contributed by atoms with E-state index in [9.17, 15) is 4.79 Å². The molecule has 0 aliphatic heterocycles. The molecule has 0 N–H and O–H groups in total. The van der Waals surface area contributed by atoms with Crippen molar-refractivity contribution in [2.45, 2.75) is 46.5 Å². The van der Waals surface area contributed by atoms with Gasteiger partial charge in [-0.05, 0) is 12.3 Å². The summed E-state index contributed by atoms with van der Waals surface area (Å²) in [4.78, 5) is 10.5. The van der Waals surface area contributed by atoms with Crippen LogP contribution in [-0.4, -0.2) is 52.2 Å². The van der Waals surface area contributed by atoms with Gasteiger partial charge in [0.15, 0.2) is 0 Å². The lowest BCUT2D eigenvalue weighted by Crippen LogP contribution is -2.15. The Hall–Kier alpha value is -0.650. The Kier molecular flexibility index (Phi) is 15.2. The van der Waals surface area contributed by atoms with E-state index in [0.29, 0.717) is 45.6 Å². The van der Waals surface area contributed by atoms with Crippen molar-refractivity contribution in [3.8, 4) is 0 Å². The molecule has 5 heteroatoms. The minimum Gasteiger partial charge on any atom is -0.463 e. The second kappa shape index (κ2) is 15.7.